The minimum absolute atomic E-state index is 0.708. The third-order valence-corrected chi connectivity index (χ3v) is 5.47. The Bertz CT molecular complexity index is 1360. The molecule has 0 bridgehead atoms. The van der Waals surface area contributed by atoms with Crippen LogP contribution in [-0.2, 0) is 0 Å². The first-order valence-corrected chi connectivity index (χ1v) is 11.1. The molecule has 160 valence electrons. The van der Waals surface area contributed by atoms with Gasteiger partial charge < -0.3 is 9.47 Å². The van der Waals surface area contributed by atoms with E-state index in [0.29, 0.717) is 10.8 Å². The van der Waals surface area contributed by atoms with E-state index >= 15 is 0 Å². The van der Waals surface area contributed by atoms with E-state index in [1.54, 1.807) is 0 Å². The zero-order valence-corrected chi connectivity index (χ0v) is 18.6. The number of hydrogen-bond donors (Lipinski definition) is 0. The van der Waals surface area contributed by atoms with Gasteiger partial charge in [-0.25, -0.2) is 0 Å². The van der Waals surface area contributed by atoms with Gasteiger partial charge in [0.2, 0.25) is 0 Å². The van der Waals surface area contributed by atoms with Crippen molar-refractivity contribution in [3.63, 3.8) is 0 Å². The molecular formula is C30H21ClO2. The van der Waals surface area contributed by atoms with Crippen LogP contribution < -0.4 is 9.47 Å². The van der Waals surface area contributed by atoms with Gasteiger partial charge in [0.05, 0.1) is 0 Å². The monoisotopic (exact) mass is 448 g/mol. The summed E-state index contributed by atoms with van der Waals surface area (Å²) in [6, 6.07) is 41.6. The molecule has 0 amide bonds. The molecule has 0 aliphatic heterocycles. The van der Waals surface area contributed by atoms with Crippen LogP contribution in [0, 0.1) is 0 Å². The number of benzene rings is 5. The van der Waals surface area contributed by atoms with Crippen LogP contribution in [0.15, 0.2) is 127 Å². The molecule has 0 saturated heterocycles. The van der Waals surface area contributed by atoms with E-state index in [9.17, 15) is 0 Å². The Labute approximate surface area is 198 Å². The molecule has 33 heavy (non-hydrogen) atoms. The molecule has 5 rings (SSSR count). The SMILES string of the molecule is Clc1ccc(-c2cccc(Oc3cccc(Oc4ccccc4)c3)c2)c(-c2ccccc2)c1. The molecule has 0 unspecified atom stereocenters. The zero-order chi connectivity index (χ0) is 22.5. The van der Waals surface area contributed by atoms with Gasteiger partial charge in [0.15, 0.2) is 0 Å². The molecule has 0 saturated carbocycles. The zero-order valence-electron chi connectivity index (χ0n) is 17.8. The molecule has 0 fully saturated rings. The molecule has 5 aromatic rings. The first kappa shape index (κ1) is 20.9. The molecule has 0 radical (unpaired) electrons. The lowest BCUT2D eigenvalue weighted by atomic mass is 9.94. The van der Waals surface area contributed by atoms with Crippen molar-refractivity contribution in [1.29, 1.82) is 0 Å². The van der Waals surface area contributed by atoms with Gasteiger partial charge in [-0.2, -0.15) is 0 Å². The van der Waals surface area contributed by atoms with Gasteiger partial charge in [0.1, 0.15) is 23.0 Å². The number of para-hydroxylation sites is 1. The lowest BCUT2D eigenvalue weighted by molar-refractivity contribution is 0.460. The summed E-state index contributed by atoms with van der Waals surface area (Å²) < 4.78 is 12.1. The molecule has 2 nitrogen and oxygen atoms in total. The average molecular weight is 449 g/mol. The van der Waals surface area contributed by atoms with E-state index in [0.717, 1.165) is 39.5 Å². The Balaban J connectivity index is 1.43. The second kappa shape index (κ2) is 9.64. The number of ether oxygens (including phenoxy) is 2. The van der Waals surface area contributed by atoms with Gasteiger partial charge in [-0.15, -0.1) is 0 Å². The Morgan fingerprint density at radius 2 is 0.939 bits per heavy atom. The minimum Gasteiger partial charge on any atom is -0.457 e. The first-order valence-electron chi connectivity index (χ1n) is 10.7. The van der Waals surface area contributed by atoms with E-state index in [1.165, 1.54) is 0 Å². The van der Waals surface area contributed by atoms with E-state index in [-0.39, 0.29) is 0 Å². The Morgan fingerprint density at radius 1 is 0.394 bits per heavy atom. The molecule has 0 aliphatic carbocycles. The molecule has 3 heteroatoms. The van der Waals surface area contributed by atoms with Crippen molar-refractivity contribution in [2.75, 3.05) is 0 Å². The lowest BCUT2D eigenvalue weighted by Gasteiger charge is -2.13. The van der Waals surface area contributed by atoms with Gasteiger partial charge in [0.25, 0.3) is 0 Å². The van der Waals surface area contributed by atoms with Crippen LogP contribution in [0.25, 0.3) is 22.3 Å². The topological polar surface area (TPSA) is 18.5 Å². The summed E-state index contributed by atoms with van der Waals surface area (Å²) in [4.78, 5) is 0. The summed E-state index contributed by atoms with van der Waals surface area (Å²) in [7, 11) is 0. The van der Waals surface area contributed by atoms with Crippen LogP contribution in [-0.4, -0.2) is 0 Å². The number of halogens is 1. The quantitative estimate of drug-likeness (QED) is 0.257. The van der Waals surface area contributed by atoms with E-state index in [2.05, 4.69) is 24.3 Å². The fourth-order valence-corrected chi connectivity index (χ4v) is 3.89. The smallest absolute Gasteiger partial charge is 0.131 e. The summed E-state index contributed by atoms with van der Waals surface area (Å²) in [6.45, 7) is 0. The summed E-state index contributed by atoms with van der Waals surface area (Å²) >= 11 is 6.33. The van der Waals surface area contributed by atoms with Gasteiger partial charge in [0, 0.05) is 11.1 Å². The Morgan fingerprint density at radius 3 is 1.67 bits per heavy atom. The van der Waals surface area contributed by atoms with Gasteiger partial charge in [-0.05, 0) is 70.8 Å². The van der Waals surface area contributed by atoms with Crippen LogP contribution in [0.3, 0.4) is 0 Å². The highest BCUT2D eigenvalue weighted by Gasteiger charge is 2.10. The highest BCUT2D eigenvalue weighted by Crippen LogP contribution is 2.36. The Hall–Kier alpha value is -4.01. The number of rotatable bonds is 6. The van der Waals surface area contributed by atoms with Crippen LogP contribution >= 0.6 is 11.6 Å². The molecule has 0 spiro atoms. The van der Waals surface area contributed by atoms with E-state index < -0.39 is 0 Å². The van der Waals surface area contributed by atoms with Crippen LogP contribution in [0.1, 0.15) is 0 Å². The van der Waals surface area contributed by atoms with E-state index in [1.807, 2.05) is 103 Å². The molecule has 0 aliphatic rings. The van der Waals surface area contributed by atoms with Gasteiger partial charge in [-0.3, -0.25) is 0 Å². The summed E-state index contributed by atoms with van der Waals surface area (Å²) in [5.41, 5.74) is 4.35. The maximum atomic E-state index is 6.33. The second-order valence-corrected chi connectivity index (χ2v) is 8.01. The third kappa shape index (κ3) is 5.08. The molecule has 0 aromatic heterocycles. The predicted molar refractivity (Wildman–Crippen MR) is 135 cm³/mol. The van der Waals surface area contributed by atoms with Gasteiger partial charge >= 0.3 is 0 Å². The summed E-state index contributed by atoms with van der Waals surface area (Å²) in [5, 5.41) is 0.709. The number of hydrogen-bond acceptors (Lipinski definition) is 2. The fourth-order valence-electron chi connectivity index (χ4n) is 3.71. The van der Waals surface area contributed by atoms with E-state index in [4.69, 9.17) is 21.1 Å². The normalized spacial score (nSPS) is 10.6. The van der Waals surface area contributed by atoms with Crippen molar-refractivity contribution in [2.24, 2.45) is 0 Å². The van der Waals surface area contributed by atoms with Crippen molar-refractivity contribution < 1.29 is 9.47 Å². The maximum Gasteiger partial charge on any atom is 0.131 e. The highest BCUT2D eigenvalue weighted by molar-refractivity contribution is 6.31. The average Bonchev–Trinajstić information content (AvgIpc) is 2.86. The molecule has 0 heterocycles. The molecular weight excluding hydrogens is 428 g/mol. The largest absolute Gasteiger partial charge is 0.457 e. The van der Waals surface area contributed by atoms with Crippen molar-refractivity contribution in [3.8, 4) is 45.3 Å². The third-order valence-electron chi connectivity index (χ3n) is 5.23. The maximum absolute atomic E-state index is 6.33. The Kier molecular flexibility index (Phi) is 6.10. The summed E-state index contributed by atoms with van der Waals surface area (Å²) in [5.74, 6) is 2.96. The molecule has 0 N–H and O–H groups in total. The van der Waals surface area contributed by atoms with Crippen LogP contribution in [0.4, 0.5) is 0 Å². The molecule has 0 atom stereocenters. The van der Waals surface area contributed by atoms with Crippen LogP contribution in [0.2, 0.25) is 5.02 Å². The minimum atomic E-state index is 0.708. The first-order chi connectivity index (χ1) is 16.2. The standard InChI is InChI=1S/C30H21ClO2/c31-24-17-18-29(30(20-24)22-9-3-1-4-10-22)23-11-7-14-26(19-23)33-28-16-8-15-27(21-28)32-25-12-5-2-6-13-25/h1-21H. The van der Waals surface area contributed by atoms with Crippen molar-refractivity contribution in [3.05, 3.63) is 132 Å². The highest BCUT2D eigenvalue weighted by atomic mass is 35.5. The van der Waals surface area contributed by atoms with Crippen molar-refractivity contribution in [2.45, 2.75) is 0 Å². The molecule has 5 aromatic carbocycles. The fraction of sp³-hybridized carbons (Fsp3) is 0. The summed E-state index contributed by atoms with van der Waals surface area (Å²) in [6.07, 6.45) is 0. The van der Waals surface area contributed by atoms with Crippen molar-refractivity contribution >= 4 is 11.6 Å². The van der Waals surface area contributed by atoms with Crippen LogP contribution in [0.5, 0.6) is 23.0 Å². The second-order valence-electron chi connectivity index (χ2n) is 7.58. The lowest BCUT2D eigenvalue weighted by Crippen LogP contribution is -1.89. The van der Waals surface area contributed by atoms with Crippen molar-refractivity contribution in [1.82, 2.24) is 0 Å². The predicted octanol–water partition coefficient (Wildman–Crippen LogP) is 9.26. The van der Waals surface area contributed by atoms with Gasteiger partial charge in [-0.1, -0.05) is 84.4 Å².